The molecule has 5 nitrogen and oxygen atoms in total. The maximum absolute atomic E-state index is 12.9. The van der Waals surface area contributed by atoms with E-state index in [0.29, 0.717) is 11.8 Å². The normalized spacial score (nSPS) is 12.5. The van der Waals surface area contributed by atoms with Gasteiger partial charge in [-0.25, -0.2) is 14.2 Å². The average molecular weight is 205 g/mol. The molecule has 1 atom stereocenters. The molecule has 1 rings (SSSR count). The summed E-state index contributed by atoms with van der Waals surface area (Å²) in [7, 11) is 0. The van der Waals surface area contributed by atoms with E-state index in [1.807, 2.05) is 0 Å². The second-order valence-electron chi connectivity index (χ2n) is 1.98. The number of halogens is 1. The Hall–Kier alpha value is -1.11. The van der Waals surface area contributed by atoms with Crippen LogP contribution in [0.5, 0.6) is 0 Å². The van der Waals surface area contributed by atoms with Gasteiger partial charge in [-0.3, -0.25) is 5.10 Å². The predicted molar refractivity (Wildman–Crippen MR) is 43.8 cm³/mol. The monoisotopic (exact) mass is 205 g/mol. The van der Waals surface area contributed by atoms with Crippen molar-refractivity contribution in [3.63, 3.8) is 0 Å². The third-order valence-electron chi connectivity index (χ3n) is 1.08. The molecule has 0 radical (unpaired) electrons. The van der Waals surface area contributed by atoms with Gasteiger partial charge >= 0.3 is 5.97 Å². The van der Waals surface area contributed by atoms with Crippen molar-refractivity contribution in [2.24, 2.45) is 0 Å². The minimum atomic E-state index is -1.76. The lowest BCUT2D eigenvalue weighted by molar-refractivity contribution is -0.145. The smallest absolute Gasteiger partial charge is 0.351 e. The van der Waals surface area contributed by atoms with E-state index in [0.717, 1.165) is 0 Å². The molecule has 0 saturated heterocycles. The Bertz CT molecular complexity index is 267. The molecule has 1 N–H and O–H groups in total. The summed E-state index contributed by atoms with van der Waals surface area (Å²) in [5, 5.41) is 6.17. The number of hydrogen-bond donors (Lipinski definition) is 1. The summed E-state index contributed by atoms with van der Waals surface area (Å²) in [5.74, 6) is -0.899. The summed E-state index contributed by atoms with van der Waals surface area (Å²) in [6.07, 6.45) is 1.24. The number of carbonyl (C=O) groups excluding carboxylic acids is 1. The number of thioether (sulfide) groups is 1. The van der Waals surface area contributed by atoms with E-state index < -0.39 is 11.5 Å². The van der Waals surface area contributed by atoms with Crippen LogP contribution in [0.1, 0.15) is 6.92 Å². The molecule has 1 aromatic rings. The van der Waals surface area contributed by atoms with E-state index >= 15 is 0 Å². The lowest BCUT2D eigenvalue weighted by Gasteiger charge is -2.03. The number of aromatic nitrogens is 3. The van der Waals surface area contributed by atoms with E-state index in [1.165, 1.54) is 6.33 Å². The predicted octanol–water partition coefficient (Wildman–Crippen LogP) is 0.755. The number of alkyl halides is 1. The molecule has 0 saturated carbocycles. The molecule has 0 aliphatic rings. The Morgan fingerprint density at radius 2 is 2.69 bits per heavy atom. The zero-order valence-corrected chi connectivity index (χ0v) is 7.68. The van der Waals surface area contributed by atoms with Crippen molar-refractivity contribution in [3.8, 4) is 0 Å². The van der Waals surface area contributed by atoms with Crippen LogP contribution in [0.15, 0.2) is 11.5 Å². The van der Waals surface area contributed by atoms with E-state index in [-0.39, 0.29) is 11.8 Å². The first kappa shape index (κ1) is 9.97. The van der Waals surface area contributed by atoms with E-state index in [1.54, 1.807) is 6.92 Å². The molecule has 0 fully saturated rings. The van der Waals surface area contributed by atoms with E-state index in [9.17, 15) is 9.18 Å². The quantitative estimate of drug-likeness (QED) is 0.580. The fourth-order valence-corrected chi connectivity index (χ4v) is 1.18. The number of nitrogens with zero attached hydrogens (tertiary/aromatic N) is 2. The lowest BCUT2D eigenvalue weighted by atomic mass is 10.7. The highest BCUT2D eigenvalue weighted by atomic mass is 32.2. The highest BCUT2D eigenvalue weighted by Crippen LogP contribution is 2.20. The Kier molecular flexibility index (Phi) is 3.69. The molecule has 7 heteroatoms. The number of carbonyl (C=O) groups is 1. The van der Waals surface area contributed by atoms with Gasteiger partial charge < -0.3 is 4.74 Å². The van der Waals surface area contributed by atoms with Gasteiger partial charge in [-0.2, -0.15) is 5.10 Å². The average Bonchev–Trinajstić information content (AvgIpc) is 2.57. The largest absolute Gasteiger partial charge is 0.463 e. The summed E-state index contributed by atoms with van der Waals surface area (Å²) in [4.78, 5) is 14.4. The zero-order valence-electron chi connectivity index (χ0n) is 6.86. The van der Waals surface area contributed by atoms with Gasteiger partial charge in [0.2, 0.25) is 5.50 Å². The first-order valence-electron chi connectivity index (χ1n) is 3.56. The van der Waals surface area contributed by atoms with Gasteiger partial charge in [-0.05, 0) is 18.7 Å². The SMILES string of the molecule is CCOC(=O)[C@H](F)Sc1ncn[nH]1. The molecule has 1 aromatic heterocycles. The van der Waals surface area contributed by atoms with E-state index in [4.69, 9.17) is 0 Å². The second kappa shape index (κ2) is 4.80. The van der Waals surface area contributed by atoms with Gasteiger partial charge in [0.15, 0.2) is 5.16 Å². The third-order valence-corrected chi connectivity index (χ3v) is 1.90. The zero-order chi connectivity index (χ0) is 9.68. The van der Waals surface area contributed by atoms with Crippen molar-refractivity contribution in [1.82, 2.24) is 15.2 Å². The van der Waals surface area contributed by atoms with Crippen molar-refractivity contribution in [2.75, 3.05) is 6.61 Å². The van der Waals surface area contributed by atoms with Crippen LogP contribution in [-0.2, 0) is 9.53 Å². The molecule has 0 aliphatic carbocycles. The molecule has 0 aliphatic heterocycles. The molecule has 0 spiro atoms. The number of aromatic amines is 1. The summed E-state index contributed by atoms with van der Waals surface area (Å²) in [6, 6.07) is 0. The van der Waals surface area contributed by atoms with Gasteiger partial charge in [0.05, 0.1) is 6.61 Å². The van der Waals surface area contributed by atoms with Crippen LogP contribution in [0.3, 0.4) is 0 Å². The molecule has 0 bridgehead atoms. The first-order chi connectivity index (χ1) is 6.24. The Morgan fingerprint density at radius 1 is 1.92 bits per heavy atom. The minimum absolute atomic E-state index is 0.163. The van der Waals surface area contributed by atoms with Crippen molar-refractivity contribution < 1.29 is 13.9 Å². The minimum Gasteiger partial charge on any atom is -0.463 e. The van der Waals surface area contributed by atoms with Crippen molar-refractivity contribution >= 4 is 17.7 Å². The van der Waals surface area contributed by atoms with Gasteiger partial charge in [0, 0.05) is 0 Å². The van der Waals surface area contributed by atoms with Gasteiger partial charge in [-0.15, -0.1) is 0 Å². The molecule has 1 heterocycles. The number of hydrogen-bond acceptors (Lipinski definition) is 5. The standard InChI is InChI=1S/C6H8FN3O2S/c1-2-12-5(11)4(7)13-6-8-3-9-10-6/h3-4H,2H2,1H3,(H,8,9,10)/t4-/m1/s1. The molecule has 0 unspecified atom stereocenters. The topological polar surface area (TPSA) is 67.9 Å². The van der Waals surface area contributed by atoms with Crippen LogP contribution >= 0.6 is 11.8 Å². The van der Waals surface area contributed by atoms with Crippen molar-refractivity contribution in [3.05, 3.63) is 6.33 Å². The molecular weight excluding hydrogens is 197 g/mol. The fraction of sp³-hybridized carbons (Fsp3) is 0.500. The summed E-state index contributed by atoms with van der Waals surface area (Å²) < 4.78 is 17.4. The van der Waals surface area contributed by atoms with Gasteiger partial charge in [0.25, 0.3) is 0 Å². The van der Waals surface area contributed by atoms with Crippen molar-refractivity contribution in [2.45, 2.75) is 17.6 Å². The van der Waals surface area contributed by atoms with Crippen LogP contribution < -0.4 is 0 Å². The summed E-state index contributed by atoms with van der Waals surface area (Å²) in [5.41, 5.74) is -1.76. The molecular formula is C6H8FN3O2S. The fourth-order valence-electron chi connectivity index (χ4n) is 0.605. The van der Waals surface area contributed by atoms with Crippen LogP contribution in [0.2, 0.25) is 0 Å². The third kappa shape index (κ3) is 3.02. The number of rotatable bonds is 4. The molecule has 72 valence electrons. The summed E-state index contributed by atoms with van der Waals surface area (Å²) in [6.45, 7) is 1.78. The number of ether oxygens (including phenoxy) is 1. The van der Waals surface area contributed by atoms with Crippen LogP contribution in [-0.4, -0.2) is 33.3 Å². The van der Waals surface area contributed by atoms with Crippen molar-refractivity contribution in [1.29, 1.82) is 0 Å². The number of H-pyrrole nitrogens is 1. The molecule has 13 heavy (non-hydrogen) atoms. The molecule has 0 amide bonds. The first-order valence-corrected chi connectivity index (χ1v) is 4.44. The Labute approximate surface area is 78.1 Å². The highest BCUT2D eigenvalue weighted by molar-refractivity contribution is 8.00. The van der Waals surface area contributed by atoms with Gasteiger partial charge in [0.1, 0.15) is 6.33 Å². The second-order valence-corrected chi connectivity index (χ2v) is 3.01. The maximum atomic E-state index is 12.9. The highest BCUT2D eigenvalue weighted by Gasteiger charge is 2.20. The van der Waals surface area contributed by atoms with Crippen LogP contribution in [0, 0.1) is 0 Å². The van der Waals surface area contributed by atoms with Gasteiger partial charge in [-0.1, -0.05) is 0 Å². The van der Waals surface area contributed by atoms with E-state index in [2.05, 4.69) is 19.9 Å². The maximum Gasteiger partial charge on any atom is 0.351 e. The molecule has 0 aromatic carbocycles. The number of esters is 1. The van der Waals surface area contributed by atoms with Crippen LogP contribution in [0.4, 0.5) is 4.39 Å². The summed E-state index contributed by atoms with van der Waals surface area (Å²) >= 11 is 0.628. The Balaban J connectivity index is 2.41. The Morgan fingerprint density at radius 3 is 3.23 bits per heavy atom. The van der Waals surface area contributed by atoms with Crippen LogP contribution in [0.25, 0.3) is 0 Å². The number of nitrogens with one attached hydrogen (secondary N) is 1. The lowest BCUT2D eigenvalue weighted by Crippen LogP contribution is -2.15.